The van der Waals surface area contributed by atoms with Gasteiger partial charge in [0, 0.05) is 6.54 Å². The molecule has 0 aliphatic carbocycles. The monoisotopic (exact) mass is 700 g/mol. The van der Waals surface area contributed by atoms with Crippen LogP contribution in [0.25, 0.3) is 10.9 Å². The molecule has 0 fully saturated rings. The van der Waals surface area contributed by atoms with Gasteiger partial charge in [0.2, 0.25) is 9.84 Å². The predicted molar refractivity (Wildman–Crippen MR) is 171 cm³/mol. The molecule has 0 saturated heterocycles. The van der Waals surface area contributed by atoms with Gasteiger partial charge >= 0.3 is 0 Å². The van der Waals surface area contributed by atoms with Gasteiger partial charge in [-0.3, -0.25) is 9.40 Å². The summed E-state index contributed by atoms with van der Waals surface area (Å²) in [5, 5.41) is 4.98. The number of sulfone groups is 1. The lowest BCUT2D eigenvalue weighted by molar-refractivity contribution is 0.261. The smallest absolute Gasteiger partial charge is 0.274 e. The second-order valence-corrected chi connectivity index (χ2v) is 16.9. The van der Waals surface area contributed by atoms with E-state index >= 15 is 0 Å². The highest BCUT2D eigenvalue weighted by molar-refractivity contribution is 7.97. The summed E-state index contributed by atoms with van der Waals surface area (Å²) in [7, 11) is -3.29. The quantitative estimate of drug-likeness (QED) is 0.166. The molecule has 1 N–H and O–H groups in total. The van der Waals surface area contributed by atoms with Gasteiger partial charge < -0.3 is 14.4 Å². The van der Waals surface area contributed by atoms with Crippen LogP contribution in [0.1, 0.15) is 5.56 Å². The van der Waals surface area contributed by atoms with Crippen molar-refractivity contribution in [2.75, 3.05) is 39.1 Å². The standard InChI is InChI=1S/C27H26Cl2N4O6S4/c1-32(2)13-14-39-18-9-7-17(8-10-18)16-33-19-5-4-6-20(38-3)25(19)26(30-33)31-43(36,37)27-21(15-23(29)41-27)42(34,35)24-12-11-22(28)40-24/h4-12,15H,13-14,16H2,1-3H3,(H,30,31). The zero-order valence-corrected chi connectivity index (χ0v) is 27.9. The van der Waals surface area contributed by atoms with Crippen LogP contribution in [0.4, 0.5) is 5.82 Å². The molecular weight excluding hydrogens is 675 g/mol. The van der Waals surface area contributed by atoms with Gasteiger partial charge in [-0.15, -0.1) is 22.7 Å². The van der Waals surface area contributed by atoms with Crippen LogP contribution in [-0.4, -0.2) is 65.9 Å². The van der Waals surface area contributed by atoms with Crippen LogP contribution < -0.4 is 14.2 Å². The molecule has 16 heteroatoms. The summed E-state index contributed by atoms with van der Waals surface area (Å²) < 4.78 is 69.3. The van der Waals surface area contributed by atoms with Crippen LogP contribution in [0.2, 0.25) is 8.67 Å². The number of sulfonamides is 1. The fourth-order valence-electron chi connectivity index (χ4n) is 4.20. The number of aromatic nitrogens is 2. The Morgan fingerprint density at radius 2 is 1.72 bits per heavy atom. The van der Waals surface area contributed by atoms with Gasteiger partial charge in [-0.05, 0) is 62.1 Å². The molecule has 3 heterocycles. The number of methoxy groups -OCH3 is 1. The summed E-state index contributed by atoms with van der Waals surface area (Å²) >= 11 is 13.5. The highest BCUT2D eigenvalue weighted by Gasteiger charge is 2.33. The van der Waals surface area contributed by atoms with Gasteiger partial charge in [0.05, 0.1) is 33.2 Å². The first-order chi connectivity index (χ1) is 20.4. The summed E-state index contributed by atoms with van der Waals surface area (Å²) in [4.78, 5) is 1.58. The van der Waals surface area contributed by atoms with Crippen LogP contribution in [0.15, 0.2) is 74.0 Å². The Kier molecular flexibility index (Phi) is 9.28. The van der Waals surface area contributed by atoms with Crippen LogP contribution in [0.5, 0.6) is 11.5 Å². The van der Waals surface area contributed by atoms with Crippen LogP contribution in [-0.2, 0) is 26.4 Å². The minimum atomic E-state index is -4.48. The summed E-state index contributed by atoms with van der Waals surface area (Å²) in [5.74, 6) is 1.09. The predicted octanol–water partition coefficient (Wildman–Crippen LogP) is 6.10. The number of thiophene rings is 2. The molecule has 0 spiro atoms. The molecule has 43 heavy (non-hydrogen) atoms. The van der Waals surface area contributed by atoms with Gasteiger partial charge in [-0.2, -0.15) is 5.10 Å². The van der Waals surface area contributed by atoms with E-state index in [1.165, 1.54) is 19.2 Å². The fourth-order valence-corrected chi connectivity index (χ4v) is 10.9. The van der Waals surface area contributed by atoms with Gasteiger partial charge in [0.1, 0.15) is 27.2 Å². The van der Waals surface area contributed by atoms with Gasteiger partial charge in [0.15, 0.2) is 10.0 Å². The first kappa shape index (κ1) is 31.6. The highest BCUT2D eigenvalue weighted by Crippen LogP contribution is 2.41. The van der Waals surface area contributed by atoms with E-state index in [1.54, 1.807) is 22.9 Å². The van der Waals surface area contributed by atoms with Crippen molar-refractivity contribution in [3.05, 3.63) is 74.9 Å². The second kappa shape index (κ2) is 12.6. The molecule has 228 valence electrons. The zero-order valence-electron chi connectivity index (χ0n) is 23.1. The molecule has 2 aromatic carbocycles. The van der Waals surface area contributed by atoms with E-state index in [0.29, 0.717) is 41.1 Å². The van der Waals surface area contributed by atoms with Crippen LogP contribution in [0, 0.1) is 0 Å². The normalized spacial score (nSPS) is 12.2. The minimum absolute atomic E-state index is 0.0105. The molecule has 0 bridgehead atoms. The third-order valence-electron chi connectivity index (χ3n) is 6.24. The van der Waals surface area contributed by atoms with E-state index in [0.717, 1.165) is 35.3 Å². The van der Waals surface area contributed by atoms with Crippen molar-refractivity contribution < 1.29 is 26.3 Å². The van der Waals surface area contributed by atoms with E-state index in [9.17, 15) is 16.8 Å². The SMILES string of the molecule is COc1cccc2c1c(NS(=O)(=O)c1sc(Cl)cc1S(=O)(=O)c1ccc(Cl)s1)nn2Cc1ccc(OCCN(C)C)cc1. The lowest BCUT2D eigenvalue weighted by atomic mass is 10.2. The third kappa shape index (κ3) is 6.80. The number of hydrogen-bond acceptors (Lipinski definition) is 10. The lowest BCUT2D eigenvalue weighted by Gasteiger charge is -2.11. The first-order valence-electron chi connectivity index (χ1n) is 12.6. The summed E-state index contributed by atoms with van der Waals surface area (Å²) in [6, 6.07) is 16.7. The molecule has 0 saturated carbocycles. The number of ether oxygens (including phenoxy) is 2. The van der Waals surface area contributed by atoms with Crippen LogP contribution >= 0.6 is 45.9 Å². The van der Waals surface area contributed by atoms with Gasteiger partial charge in [-0.25, -0.2) is 16.8 Å². The fraction of sp³-hybridized carbons (Fsp3) is 0.222. The molecule has 5 rings (SSSR count). The third-order valence-corrected chi connectivity index (χ3v) is 13.1. The summed E-state index contributed by atoms with van der Waals surface area (Å²) in [6.07, 6.45) is 0. The number of anilines is 1. The minimum Gasteiger partial charge on any atom is -0.496 e. The lowest BCUT2D eigenvalue weighted by Crippen LogP contribution is -2.19. The summed E-state index contributed by atoms with van der Waals surface area (Å²) in [5.41, 5.74) is 1.50. The van der Waals surface area contributed by atoms with Crippen molar-refractivity contribution in [3.63, 3.8) is 0 Å². The summed E-state index contributed by atoms with van der Waals surface area (Å²) in [6.45, 7) is 1.65. The first-order valence-corrected chi connectivity index (χ1v) is 18.0. The molecule has 10 nitrogen and oxygen atoms in total. The van der Waals surface area contributed by atoms with E-state index < -0.39 is 29.0 Å². The van der Waals surface area contributed by atoms with Gasteiger partial charge in [0.25, 0.3) is 10.0 Å². The number of nitrogens with zero attached hydrogens (tertiary/aromatic N) is 3. The maximum Gasteiger partial charge on any atom is 0.274 e. The topological polar surface area (TPSA) is 120 Å². The van der Waals surface area contributed by atoms with E-state index in [1.807, 2.05) is 43.3 Å². The van der Waals surface area contributed by atoms with Crippen molar-refractivity contribution in [2.45, 2.75) is 19.9 Å². The van der Waals surface area contributed by atoms with E-state index in [-0.39, 0.29) is 18.7 Å². The Hall–Kier alpha value is -2.85. The largest absolute Gasteiger partial charge is 0.496 e. The van der Waals surface area contributed by atoms with E-state index in [4.69, 9.17) is 32.7 Å². The highest BCUT2D eigenvalue weighted by atomic mass is 35.5. The maximum atomic E-state index is 13.7. The Labute approximate surface area is 267 Å². The number of nitrogens with one attached hydrogen (secondary N) is 1. The number of likely N-dealkylation sites (N-methyl/N-ethyl adjacent to an activating group) is 1. The second-order valence-electron chi connectivity index (χ2n) is 9.53. The molecular formula is C27H26Cl2N4O6S4. The Bertz CT molecular complexity index is 1990. The average molecular weight is 702 g/mol. The average Bonchev–Trinajstić information content (AvgIpc) is 3.67. The molecule has 0 radical (unpaired) electrons. The number of benzene rings is 2. The van der Waals surface area contributed by atoms with Gasteiger partial charge in [-0.1, -0.05) is 41.4 Å². The Balaban J connectivity index is 1.49. The Morgan fingerprint density at radius 3 is 2.37 bits per heavy atom. The van der Waals surface area contributed by atoms with Crippen molar-refractivity contribution in [1.82, 2.24) is 14.7 Å². The molecule has 0 atom stereocenters. The van der Waals surface area contributed by atoms with Crippen LogP contribution in [0.3, 0.4) is 0 Å². The number of hydrogen-bond donors (Lipinski definition) is 1. The molecule has 0 aliphatic heterocycles. The maximum absolute atomic E-state index is 13.7. The molecule has 3 aromatic heterocycles. The Morgan fingerprint density at radius 1 is 0.977 bits per heavy atom. The molecule has 0 amide bonds. The van der Waals surface area contributed by atoms with Crippen molar-refractivity contribution in [1.29, 1.82) is 0 Å². The number of fused-ring (bicyclic) bond motifs is 1. The molecule has 0 aliphatic rings. The number of halogens is 2. The van der Waals surface area contributed by atoms with Crippen molar-refractivity contribution in [3.8, 4) is 11.5 Å². The number of rotatable bonds is 12. The molecule has 0 unspecified atom stereocenters. The van der Waals surface area contributed by atoms with Crippen molar-refractivity contribution >= 4 is 82.5 Å². The molecule has 5 aromatic rings. The van der Waals surface area contributed by atoms with Crippen molar-refractivity contribution in [2.24, 2.45) is 0 Å². The zero-order chi connectivity index (χ0) is 30.9. The van der Waals surface area contributed by atoms with E-state index in [2.05, 4.69) is 9.82 Å².